The third kappa shape index (κ3) is 1.99. The van der Waals surface area contributed by atoms with Crippen molar-refractivity contribution in [2.75, 3.05) is 6.61 Å². The highest BCUT2D eigenvalue weighted by Gasteiger charge is 2.68. The van der Waals surface area contributed by atoms with Crippen molar-refractivity contribution >= 4 is 0 Å². The van der Waals surface area contributed by atoms with E-state index in [1.165, 1.54) is 6.42 Å². The van der Waals surface area contributed by atoms with Gasteiger partial charge < -0.3 is 15.3 Å². The fourth-order valence-electron chi connectivity index (χ4n) is 8.22. The molecule has 3 heteroatoms. The molecule has 0 aromatic heterocycles. The standard InChI is InChI=1S/C20H34O3/c1-17(12-21)6-4-7-18(2)15(17)5-8-20-10-13(19(3,23)11-20)9-14(22)16(18)20/h13-16,21-23H,4-12H2,1-3H3. The number of fused-ring (bicyclic) bond motifs is 3. The molecular formula is C20H34O3. The van der Waals surface area contributed by atoms with E-state index in [-0.39, 0.29) is 34.9 Å². The number of aliphatic hydroxyl groups is 3. The summed E-state index contributed by atoms with van der Waals surface area (Å²) in [6.45, 7) is 6.92. The lowest BCUT2D eigenvalue weighted by Crippen LogP contribution is -2.60. The minimum atomic E-state index is -0.603. The van der Waals surface area contributed by atoms with Crippen LogP contribution in [-0.4, -0.2) is 33.6 Å². The Labute approximate surface area is 140 Å². The van der Waals surface area contributed by atoms with Crippen LogP contribution in [0, 0.1) is 34.0 Å². The molecular weight excluding hydrogens is 288 g/mol. The molecule has 0 radical (unpaired) electrons. The van der Waals surface area contributed by atoms with Crippen molar-refractivity contribution in [3.63, 3.8) is 0 Å². The van der Waals surface area contributed by atoms with Gasteiger partial charge in [0, 0.05) is 6.61 Å². The predicted octanol–water partition coefficient (Wildman–Crippen LogP) is 3.11. The third-order valence-corrected chi connectivity index (χ3v) is 8.92. The van der Waals surface area contributed by atoms with Gasteiger partial charge in [-0.25, -0.2) is 0 Å². The fraction of sp³-hybridized carbons (Fsp3) is 1.00. The molecule has 4 rings (SSSR count). The Morgan fingerprint density at radius 2 is 1.83 bits per heavy atom. The number of aliphatic hydroxyl groups excluding tert-OH is 2. The summed E-state index contributed by atoms with van der Waals surface area (Å²) in [6, 6.07) is 0. The van der Waals surface area contributed by atoms with Crippen LogP contribution in [0.15, 0.2) is 0 Å². The van der Waals surface area contributed by atoms with Crippen LogP contribution in [0.5, 0.6) is 0 Å². The van der Waals surface area contributed by atoms with Crippen LogP contribution in [0.1, 0.15) is 72.1 Å². The van der Waals surface area contributed by atoms with Gasteiger partial charge in [0.25, 0.3) is 0 Å². The Morgan fingerprint density at radius 1 is 1.09 bits per heavy atom. The molecule has 3 nitrogen and oxygen atoms in total. The summed E-state index contributed by atoms with van der Waals surface area (Å²) in [6.07, 6.45) is 8.15. The van der Waals surface area contributed by atoms with Gasteiger partial charge in [-0.3, -0.25) is 0 Å². The Hall–Kier alpha value is -0.120. The molecule has 0 aliphatic heterocycles. The van der Waals surface area contributed by atoms with Crippen LogP contribution in [0.2, 0.25) is 0 Å². The normalized spacial score (nSPS) is 61.8. The average molecular weight is 322 g/mol. The minimum absolute atomic E-state index is 0.00625. The first-order valence-electron chi connectivity index (χ1n) is 9.68. The SMILES string of the molecule is CC1(O)CC23CCC4C(C)(CO)CCCC4(C)C2C(O)CC1C3. The second-order valence-corrected chi connectivity index (χ2v) is 10.3. The zero-order chi connectivity index (χ0) is 16.7. The third-order valence-electron chi connectivity index (χ3n) is 8.92. The minimum Gasteiger partial charge on any atom is -0.396 e. The highest BCUT2D eigenvalue weighted by molar-refractivity contribution is 5.18. The molecule has 0 saturated heterocycles. The quantitative estimate of drug-likeness (QED) is 0.695. The molecule has 0 amide bonds. The first-order valence-corrected chi connectivity index (χ1v) is 9.68. The molecule has 0 aromatic carbocycles. The van der Waals surface area contributed by atoms with Crippen LogP contribution in [0.3, 0.4) is 0 Å². The van der Waals surface area contributed by atoms with Crippen LogP contribution in [-0.2, 0) is 0 Å². The van der Waals surface area contributed by atoms with Crippen LogP contribution >= 0.6 is 0 Å². The molecule has 1 spiro atoms. The summed E-state index contributed by atoms with van der Waals surface area (Å²) in [5, 5.41) is 32.1. The van der Waals surface area contributed by atoms with Crippen molar-refractivity contribution in [2.24, 2.45) is 34.0 Å². The van der Waals surface area contributed by atoms with Gasteiger partial charge in [-0.15, -0.1) is 0 Å². The maximum atomic E-state index is 11.1. The number of rotatable bonds is 1. The first-order chi connectivity index (χ1) is 10.7. The second-order valence-electron chi connectivity index (χ2n) is 10.3. The molecule has 4 saturated carbocycles. The Morgan fingerprint density at radius 3 is 2.52 bits per heavy atom. The molecule has 4 aliphatic carbocycles. The Kier molecular flexibility index (Phi) is 3.37. The van der Waals surface area contributed by atoms with Crippen molar-refractivity contribution < 1.29 is 15.3 Å². The summed E-state index contributed by atoms with van der Waals surface area (Å²) in [7, 11) is 0. The van der Waals surface area contributed by atoms with E-state index in [2.05, 4.69) is 13.8 Å². The lowest BCUT2D eigenvalue weighted by molar-refractivity contribution is -0.193. The average Bonchev–Trinajstić information content (AvgIpc) is 2.64. The Bertz CT molecular complexity index is 503. The van der Waals surface area contributed by atoms with Crippen molar-refractivity contribution in [1.82, 2.24) is 0 Å². The van der Waals surface area contributed by atoms with Crippen LogP contribution in [0.4, 0.5) is 0 Å². The van der Waals surface area contributed by atoms with E-state index in [4.69, 9.17) is 0 Å². The van der Waals surface area contributed by atoms with Crippen molar-refractivity contribution in [3.8, 4) is 0 Å². The molecule has 132 valence electrons. The van der Waals surface area contributed by atoms with Crippen LogP contribution in [0.25, 0.3) is 0 Å². The van der Waals surface area contributed by atoms with Crippen LogP contribution < -0.4 is 0 Å². The van der Waals surface area contributed by atoms with E-state index in [0.29, 0.717) is 11.8 Å². The Balaban J connectivity index is 1.77. The van der Waals surface area contributed by atoms with E-state index < -0.39 is 5.60 Å². The molecule has 3 N–H and O–H groups in total. The van der Waals surface area contributed by atoms with Crippen molar-refractivity contribution in [1.29, 1.82) is 0 Å². The van der Waals surface area contributed by atoms with Gasteiger partial charge in [0.05, 0.1) is 11.7 Å². The summed E-state index contributed by atoms with van der Waals surface area (Å²) >= 11 is 0. The van der Waals surface area contributed by atoms with Gasteiger partial charge in [0.1, 0.15) is 0 Å². The van der Waals surface area contributed by atoms with Gasteiger partial charge in [0.2, 0.25) is 0 Å². The summed E-state index contributed by atoms with van der Waals surface area (Å²) in [5.74, 6) is 1.06. The monoisotopic (exact) mass is 322 g/mol. The molecule has 2 bridgehead atoms. The fourth-order valence-corrected chi connectivity index (χ4v) is 8.22. The maximum Gasteiger partial charge on any atom is 0.0654 e. The largest absolute Gasteiger partial charge is 0.396 e. The first kappa shape index (κ1) is 16.4. The smallest absolute Gasteiger partial charge is 0.0654 e. The van der Waals surface area contributed by atoms with Gasteiger partial charge in [-0.05, 0) is 85.9 Å². The van der Waals surface area contributed by atoms with E-state index in [9.17, 15) is 15.3 Å². The van der Waals surface area contributed by atoms with Crippen molar-refractivity contribution in [3.05, 3.63) is 0 Å². The maximum absolute atomic E-state index is 11.1. The highest BCUT2D eigenvalue weighted by atomic mass is 16.3. The van der Waals surface area contributed by atoms with E-state index in [1.807, 2.05) is 6.92 Å². The highest BCUT2D eigenvalue weighted by Crippen LogP contribution is 2.72. The molecule has 4 fully saturated rings. The predicted molar refractivity (Wildman–Crippen MR) is 89.8 cm³/mol. The van der Waals surface area contributed by atoms with Gasteiger partial charge in [0.15, 0.2) is 0 Å². The molecule has 4 aliphatic rings. The molecule has 8 atom stereocenters. The lowest BCUT2D eigenvalue weighted by Gasteiger charge is -2.65. The number of hydrogen-bond donors (Lipinski definition) is 3. The van der Waals surface area contributed by atoms with Gasteiger partial charge in [-0.2, -0.15) is 0 Å². The van der Waals surface area contributed by atoms with Gasteiger partial charge >= 0.3 is 0 Å². The van der Waals surface area contributed by atoms with Crippen molar-refractivity contribution in [2.45, 2.75) is 83.8 Å². The zero-order valence-electron chi connectivity index (χ0n) is 15.0. The molecule has 0 aromatic rings. The zero-order valence-corrected chi connectivity index (χ0v) is 15.0. The van der Waals surface area contributed by atoms with E-state index in [0.717, 1.165) is 44.9 Å². The lowest BCUT2D eigenvalue weighted by atomic mass is 9.40. The van der Waals surface area contributed by atoms with E-state index >= 15 is 0 Å². The summed E-state index contributed by atoms with van der Waals surface area (Å²) in [4.78, 5) is 0. The summed E-state index contributed by atoms with van der Waals surface area (Å²) in [5.41, 5.74) is -0.357. The summed E-state index contributed by atoms with van der Waals surface area (Å²) < 4.78 is 0. The van der Waals surface area contributed by atoms with Gasteiger partial charge in [-0.1, -0.05) is 20.3 Å². The molecule has 0 heterocycles. The second kappa shape index (κ2) is 4.74. The molecule has 23 heavy (non-hydrogen) atoms. The van der Waals surface area contributed by atoms with E-state index in [1.54, 1.807) is 0 Å². The molecule has 8 unspecified atom stereocenters. The topological polar surface area (TPSA) is 60.7 Å². The number of hydrogen-bond acceptors (Lipinski definition) is 3.